The lowest BCUT2D eigenvalue weighted by molar-refractivity contribution is 0.122. The molecule has 3 aromatic rings. The fraction of sp³-hybridized carbons (Fsp3) is 0.240. The van der Waals surface area contributed by atoms with Crippen molar-refractivity contribution < 1.29 is 4.74 Å². The zero-order chi connectivity index (χ0) is 21.0. The van der Waals surface area contributed by atoms with Gasteiger partial charge in [-0.15, -0.1) is 0 Å². The first-order valence-corrected chi connectivity index (χ1v) is 10.7. The Balaban J connectivity index is 1.54. The minimum absolute atomic E-state index is 0.716. The number of hydrogen-bond acceptors (Lipinski definition) is 6. The van der Waals surface area contributed by atoms with Gasteiger partial charge in [0.2, 0.25) is 0 Å². The van der Waals surface area contributed by atoms with E-state index in [4.69, 9.17) is 14.8 Å². The van der Waals surface area contributed by atoms with E-state index in [0.717, 1.165) is 60.8 Å². The molecule has 0 bridgehead atoms. The molecule has 0 aliphatic carbocycles. The molecule has 3 heterocycles. The molecule has 0 amide bonds. The molecule has 156 valence electrons. The zero-order valence-electron chi connectivity index (χ0n) is 17.6. The summed E-state index contributed by atoms with van der Waals surface area (Å²) in [5.41, 5.74) is 10.5. The maximum Gasteiger partial charge on any atom is 0.154 e. The van der Waals surface area contributed by atoms with Crippen LogP contribution in [0, 0.1) is 0 Å². The van der Waals surface area contributed by atoms with Gasteiger partial charge in [0.25, 0.3) is 0 Å². The van der Waals surface area contributed by atoms with Crippen molar-refractivity contribution in [1.82, 2.24) is 10.4 Å². The summed E-state index contributed by atoms with van der Waals surface area (Å²) >= 11 is 0. The van der Waals surface area contributed by atoms with Crippen molar-refractivity contribution in [2.24, 2.45) is 10.1 Å². The molecule has 0 atom stereocenters. The van der Waals surface area contributed by atoms with Crippen LogP contribution in [0.4, 0.5) is 11.4 Å². The number of aromatic nitrogens is 1. The van der Waals surface area contributed by atoms with E-state index < -0.39 is 0 Å². The molecule has 1 saturated heterocycles. The Bertz CT molecular complexity index is 1120. The van der Waals surface area contributed by atoms with Crippen LogP contribution in [0.2, 0.25) is 0 Å². The summed E-state index contributed by atoms with van der Waals surface area (Å²) in [6.07, 6.45) is 4.49. The van der Waals surface area contributed by atoms with E-state index in [1.54, 1.807) is 12.4 Å². The quantitative estimate of drug-likeness (QED) is 0.707. The van der Waals surface area contributed by atoms with Gasteiger partial charge >= 0.3 is 0 Å². The number of amidine groups is 1. The molecule has 2 aliphatic heterocycles. The highest BCUT2D eigenvalue weighted by Crippen LogP contribution is 2.28. The molecule has 31 heavy (non-hydrogen) atoms. The summed E-state index contributed by atoms with van der Waals surface area (Å²) in [4.78, 5) is 11.4. The van der Waals surface area contributed by atoms with Crippen molar-refractivity contribution >= 4 is 22.9 Å². The molecular formula is C25H25N5O. The third kappa shape index (κ3) is 4.07. The van der Waals surface area contributed by atoms with Crippen molar-refractivity contribution in [2.75, 3.05) is 31.2 Å². The second-order valence-electron chi connectivity index (χ2n) is 7.62. The molecule has 6 heteroatoms. The number of aryl methyl sites for hydroxylation is 1. The van der Waals surface area contributed by atoms with Crippen LogP contribution in [-0.4, -0.2) is 42.8 Å². The summed E-state index contributed by atoms with van der Waals surface area (Å²) in [5, 5.41) is 4.79. The van der Waals surface area contributed by atoms with Crippen LogP contribution >= 0.6 is 0 Å². The number of pyridine rings is 1. The second kappa shape index (κ2) is 8.70. The Labute approximate surface area is 182 Å². The number of rotatable bonds is 4. The number of anilines is 1. The largest absolute Gasteiger partial charge is 0.378 e. The van der Waals surface area contributed by atoms with Crippen LogP contribution in [0.3, 0.4) is 0 Å². The SMILES string of the molecule is CCc1ccc2c(c1)C(c1ccc(N3CCOCC3)cc1)=NNC(c1ccncc1)=N2. The Morgan fingerprint density at radius 1 is 0.935 bits per heavy atom. The monoisotopic (exact) mass is 411 g/mol. The number of hydrogen-bond donors (Lipinski definition) is 1. The highest BCUT2D eigenvalue weighted by Gasteiger charge is 2.18. The van der Waals surface area contributed by atoms with Crippen molar-refractivity contribution in [3.63, 3.8) is 0 Å². The van der Waals surface area contributed by atoms with Gasteiger partial charge in [-0.3, -0.25) is 10.4 Å². The Morgan fingerprint density at radius 3 is 2.45 bits per heavy atom. The van der Waals surface area contributed by atoms with Gasteiger partial charge < -0.3 is 9.64 Å². The first-order chi connectivity index (χ1) is 15.3. The molecule has 2 aliphatic rings. The Hall–Kier alpha value is -3.51. The second-order valence-corrected chi connectivity index (χ2v) is 7.62. The van der Waals surface area contributed by atoms with Gasteiger partial charge in [0.15, 0.2) is 5.84 Å². The molecule has 1 aromatic heterocycles. The van der Waals surface area contributed by atoms with Gasteiger partial charge in [0, 0.05) is 47.9 Å². The van der Waals surface area contributed by atoms with E-state index in [9.17, 15) is 0 Å². The summed E-state index contributed by atoms with van der Waals surface area (Å²) in [6.45, 7) is 5.57. The number of hydrazone groups is 1. The van der Waals surface area contributed by atoms with Crippen LogP contribution in [0.25, 0.3) is 0 Å². The fourth-order valence-corrected chi connectivity index (χ4v) is 3.92. The van der Waals surface area contributed by atoms with Gasteiger partial charge in [-0.2, -0.15) is 5.10 Å². The van der Waals surface area contributed by atoms with E-state index in [2.05, 4.69) is 64.7 Å². The lowest BCUT2D eigenvalue weighted by atomic mass is 9.97. The summed E-state index contributed by atoms with van der Waals surface area (Å²) in [6, 6.07) is 18.9. The standard InChI is InChI=1S/C25H25N5O/c1-2-18-3-8-23-22(17-18)24(28-29-25(27-23)20-9-11-26-12-10-20)19-4-6-21(7-5-19)30-13-15-31-16-14-30/h3-12,17H,2,13-16H2,1H3,(H,27,29). The zero-order valence-corrected chi connectivity index (χ0v) is 17.6. The lowest BCUT2D eigenvalue weighted by Crippen LogP contribution is -2.36. The van der Waals surface area contributed by atoms with Crippen LogP contribution in [0.5, 0.6) is 0 Å². The molecule has 6 nitrogen and oxygen atoms in total. The van der Waals surface area contributed by atoms with Crippen molar-refractivity contribution in [1.29, 1.82) is 0 Å². The molecule has 0 saturated carbocycles. The number of ether oxygens (including phenoxy) is 1. The molecule has 1 fully saturated rings. The van der Waals surface area contributed by atoms with Crippen LogP contribution in [0.1, 0.15) is 29.2 Å². The molecule has 0 unspecified atom stereocenters. The molecule has 2 aromatic carbocycles. The lowest BCUT2D eigenvalue weighted by Gasteiger charge is -2.29. The summed E-state index contributed by atoms with van der Waals surface area (Å²) in [5.74, 6) is 0.716. The van der Waals surface area contributed by atoms with Crippen LogP contribution in [-0.2, 0) is 11.2 Å². The minimum Gasteiger partial charge on any atom is -0.378 e. The average molecular weight is 412 g/mol. The average Bonchev–Trinajstić information content (AvgIpc) is 3.04. The van der Waals surface area contributed by atoms with E-state index >= 15 is 0 Å². The van der Waals surface area contributed by atoms with Gasteiger partial charge in [-0.05, 0) is 48.4 Å². The van der Waals surface area contributed by atoms with Gasteiger partial charge in [0.1, 0.15) is 0 Å². The number of aliphatic imine (C=N–C) groups is 1. The smallest absolute Gasteiger partial charge is 0.154 e. The van der Waals surface area contributed by atoms with E-state index in [1.165, 1.54) is 11.3 Å². The fourth-order valence-electron chi connectivity index (χ4n) is 3.92. The molecular weight excluding hydrogens is 386 g/mol. The first-order valence-electron chi connectivity index (χ1n) is 10.7. The van der Waals surface area contributed by atoms with Gasteiger partial charge in [-0.1, -0.05) is 25.1 Å². The predicted molar refractivity (Wildman–Crippen MR) is 125 cm³/mol. The third-order valence-electron chi connectivity index (χ3n) is 5.70. The predicted octanol–water partition coefficient (Wildman–Crippen LogP) is 3.91. The maximum atomic E-state index is 5.48. The summed E-state index contributed by atoms with van der Waals surface area (Å²) in [7, 11) is 0. The number of benzene rings is 2. The summed E-state index contributed by atoms with van der Waals surface area (Å²) < 4.78 is 5.48. The highest BCUT2D eigenvalue weighted by molar-refractivity contribution is 6.18. The molecule has 5 rings (SSSR count). The molecule has 0 spiro atoms. The van der Waals surface area contributed by atoms with Crippen LogP contribution < -0.4 is 10.3 Å². The molecule has 0 radical (unpaired) electrons. The van der Waals surface area contributed by atoms with E-state index in [0.29, 0.717) is 5.84 Å². The maximum absolute atomic E-state index is 5.48. The number of fused-ring (bicyclic) bond motifs is 1. The van der Waals surface area contributed by atoms with Crippen molar-refractivity contribution in [2.45, 2.75) is 13.3 Å². The number of nitrogens with zero attached hydrogens (tertiary/aromatic N) is 4. The highest BCUT2D eigenvalue weighted by atomic mass is 16.5. The Morgan fingerprint density at radius 2 is 1.71 bits per heavy atom. The van der Waals surface area contributed by atoms with E-state index in [1.807, 2.05) is 12.1 Å². The first kappa shape index (κ1) is 19.5. The Kier molecular flexibility index (Phi) is 5.46. The van der Waals surface area contributed by atoms with Crippen molar-refractivity contribution in [3.05, 3.63) is 89.2 Å². The van der Waals surface area contributed by atoms with Crippen LogP contribution in [0.15, 0.2) is 77.1 Å². The van der Waals surface area contributed by atoms with Gasteiger partial charge in [-0.25, -0.2) is 4.99 Å². The van der Waals surface area contributed by atoms with E-state index in [-0.39, 0.29) is 0 Å². The minimum atomic E-state index is 0.716. The van der Waals surface area contributed by atoms with Gasteiger partial charge in [0.05, 0.1) is 24.6 Å². The third-order valence-corrected chi connectivity index (χ3v) is 5.70. The normalized spacial score (nSPS) is 16.0. The number of morpholine rings is 1. The number of nitrogens with one attached hydrogen (secondary N) is 1. The topological polar surface area (TPSA) is 62.1 Å². The van der Waals surface area contributed by atoms with Crippen molar-refractivity contribution in [3.8, 4) is 0 Å². The molecule has 1 N–H and O–H groups in total.